The Kier molecular flexibility index (Phi) is 6.03. The average molecular weight is 441 g/mol. The second-order valence-corrected chi connectivity index (χ2v) is 9.54. The van der Waals surface area contributed by atoms with Crippen LogP contribution < -0.4 is 9.47 Å². The van der Waals surface area contributed by atoms with Gasteiger partial charge in [-0.3, -0.25) is 14.5 Å². The third-order valence-electron chi connectivity index (χ3n) is 6.51. The van der Waals surface area contributed by atoms with Gasteiger partial charge in [0, 0.05) is 56.7 Å². The number of fused-ring (bicyclic) bond motifs is 1. The fraction of sp³-hybridized carbons (Fsp3) is 0.520. The van der Waals surface area contributed by atoms with E-state index in [0.29, 0.717) is 48.6 Å². The molecule has 32 heavy (non-hydrogen) atoms. The third kappa shape index (κ3) is 4.26. The molecular weight excluding hydrogens is 408 g/mol. The third-order valence-corrected chi connectivity index (χ3v) is 6.51. The molecule has 4 rings (SSSR count). The van der Waals surface area contributed by atoms with E-state index in [-0.39, 0.29) is 17.1 Å². The molecule has 1 aliphatic heterocycles. The summed E-state index contributed by atoms with van der Waals surface area (Å²) in [4.78, 5) is 30.0. The van der Waals surface area contributed by atoms with Gasteiger partial charge in [0.25, 0.3) is 5.91 Å². The first kappa shape index (κ1) is 22.4. The smallest absolute Gasteiger partial charge is 0.289 e. The minimum Gasteiger partial charge on any atom is -0.497 e. The van der Waals surface area contributed by atoms with Gasteiger partial charge in [0.15, 0.2) is 11.5 Å². The lowest BCUT2D eigenvalue weighted by molar-refractivity contribution is 0.0592. The van der Waals surface area contributed by atoms with Gasteiger partial charge in [-0.15, -0.1) is 0 Å². The number of methoxy groups -OCH3 is 2. The first-order chi connectivity index (χ1) is 15.2. The van der Waals surface area contributed by atoms with E-state index in [1.165, 1.54) is 0 Å². The van der Waals surface area contributed by atoms with Crippen molar-refractivity contribution in [3.8, 4) is 11.5 Å². The Morgan fingerprint density at radius 3 is 2.47 bits per heavy atom. The zero-order valence-electron chi connectivity index (χ0n) is 19.6. The van der Waals surface area contributed by atoms with E-state index in [0.717, 1.165) is 36.7 Å². The van der Waals surface area contributed by atoms with E-state index in [2.05, 4.69) is 18.7 Å². The Labute approximate surface area is 189 Å². The lowest BCUT2D eigenvalue weighted by Gasteiger charge is -2.34. The molecule has 0 spiro atoms. The van der Waals surface area contributed by atoms with Crippen molar-refractivity contribution in [2.75, 3.05) is 40.4 Å². The van der Waals surface area contributed by atoms with Crippen LogP contribution in [-0.4, -0.2) is 61.9 Å². The van der Waals surface area contributed by atoms with Crippen LogP contribution in [0.15, 0.2) is 22.6 Å². The van der Waals surface area contributed by atoms with Crippen LogP contribution in [0.2, 0.25) is 0 Å². The minimum atomic E-state index is -0.137. The van der Waals surface area contributed by atoms with E-state index in [9.17, 15) is 9.59 Å². The summed E-state index contributed by atoms with van der Waals surface area (Å²) in [7, 11) is 3.32. The molecular formula is C25H32N2O5. The first-order valence-corrected chi connectivity index (χ1v) is 11.1. The van der Waals surface area contributed by atoms with Crippen LogP contribution in [0.5, 0.6) is 11.5 Å². The predicted octanol–water partition coefficient (Wildman–Crippen LogP) is 3.72. The molecule has 1 aromatic carbocycles. The number of carbonyl (C=O) groups is 2. The van der Waals surface area contributed by atoms with Crippen LogP contribution in [0.3, 0.4) is 0 Å². The lowest BCUT2D eigenvalue weighted by atomic mass is 9.76. The van der Waals surface area contributed by atoms with Gasteiger partial charge in [-0.2, -0.15) is 0 Å². The molecule has 0 N–H and O–H groups in total. The molecule has 2 aromatic rings. The maximum Gasteiger partial charge on any atom is 0.289 e. The molecule has 1 fully saturated rings. The number of hydrogen-bond donors (Lipinski definition) is 0. The highest BCUT2D eigenvalue weighted by atomic mass is 16.5. The summed E-state index contributed by atoms with van der Waals surface area (Å²) >= 11 is 0. The van der Waals surface area contributed by atoms with Gasteiger partial charge >= 0.3 is 0 Å². The molecule has 0 bridgehead atoms. The number of rotatable bonds is 5. The van der Waals surface area contributed by atoms with Gasteiger partial charge in [0.05, 0.1) is 19.8 Å². The maximum atomic E-state index is 13.2. The zero-order valence-corrected chi connectivity index (χ0v) is 19.6. The second-order valence-electron chi connectivity index (χ2n) is 9.54. The molecule has 0 saturated carbocycles. The molecule has 1 amide bonds. The molecule has 2 heterocycles. The topological polar surface area (TPSA) is 72.2 Å². The Morgan fingerprint density at radius 1 is 1.09 bits per heavy atom. The number of hydrogen-bond acceptors (Lipinski definition) is 6. The summed E-state index contributed by atoms with van der Waals surface area (Å²) in [6.07, 6.45) is 1.17. The number of carbonyl (C=O) groups excluding carboxylic acids is 2. The van der Waals surface area contributed by atoms with Crippen molar-refractivity contribution in [1.82, 2.24) is 9.80 Å². The lowest BCUT2D eigenvalue weighted by Crippen LogP contribution is -2.48. The van der Waals surface area contributed by atoms with Crippen molar-refractivity contribution in [2.45, 2.75) is 40.2 Å². The van der Waals surface area contributed by atoms with E-state index in [4.69, 9.17) is 13.9 Å². The molecule has 1 aromatic heterocycles. The number of benzene rings is 1. The fourth-order valence-corrected chi connectivity index (χ4v) is 4.79. The van der Waals surface area contributed by atoms with E-state index >= 15 is 0 Å². The summed E-state index contributed by atoms with van der Waals surface area (Å²) in [5, 5.41) is 0. The number of ether oxygens (including phenoxy) is 2. The SMILES string of the molecule is COc1ccc(OC)c(CN2CCN(C(=O)c3oc4c(c3C)C(=O)CC(C)(C)C4)CC2)c1. The maximum absolute atomic E-state index is 13.2. The highest BCUT2D eigenvalue weighted by Crippen LogP contribution is 2.38. The number of nitrogens with zero attached hydrogens (tertiary/aromatic N) is 2. The van der Waals surface area contributed by atoms with Gasteiger partial charge < -0.3 is 18.8 Å². The van der Waals surface area contributed by atoms with Crippen LogP contribution in [0.25, 0.3) is 0 Å². The molecule has 0 unspecified atom stereocenters. The summed E-state index contributed by atoms with van der Waals surface area (Å²) in [5.41, 5.74) is 2.23. The number of Topliss-reactive ketones (excluding diaryl/α,β-unsaturated/α-hetero) is 1. The van der Waals surface area contributed by atoms with E-state index < -0.39 is 0 Å². The Hall–Kier alpha value is -2.80. The van der Waals surface area contributed by atoms with Gasteiger partial charge in [-0.05, 0) is 30.5 Å². The monoisotopic (exact) mass is 440 g/mol. The van der Waals surface area contributed by atoms with Crippen LogP contribution in [0, 0.1) is 12.3 Å². The number of furan rings is 1. The Balaban J connectivity index is 1.43. The highest BCUT2D eigenvalue weighted by molar-refractivity contribution is 6.03. The van der Waals surface area contributed by atoms with Crippen molar-refractivity contribution in [3.63, 3.8) is 0 Å². The first-order valence-electron chi connectivity index (χ1n) is 11.1. The van der Waals surface area contributed by atoms with Crippen molar-refractivity contribution < 1.29 is 23.5 Å². The molecule has 0 atom stereocenters. The summed E-state index contributed by atoms with van der Waals surface area (Å²) < 4.78 is 16.8. The van der Waals surface area contributed by atoms with Gasteiger partial charge in [-0.1, -0.05) is 13.8 Å². The minimum absolute atomic E-state index is 0.0774. The van der Waals surface area contributed by atoms with E-state index in [1.54, 1.807) is 14.2 Å². The molecule has 0 radical (unpaired) electrons. The number of piperazine rings is 1. The Morgan fingerprint density at radius 2 is 1.81 bits per heavy atom. The van der Waals surface area contributed by atoms with Crippen LogP contribution in [0.4, 0.5) is 0 Å². The van der Waals surface area contributed by atoms with Crippen LogP contribution >= 0.6 is 0 Å². The standard InChI is InChI=1S/C25H32N2O5/c1-16-22-19(28)13-25(2,3)14-21(22)32-23(16)24(29)27-10-8-26(9-11-27)15-17-12-18(30-4)6-7-20(17)31-5/h6-7,12H,8-11,13-15H2,1-5H3. The van der Waals surface area contributed by atoms with Crippen molar-refractivity contribution in [1.29, 1.82) is 0 Å². The summed E-state index contributed by atoms with van der Waals surface area (Å²) in [6.45, 7) is 9.38. The molecule has 172 valence electrons. The zero-order chi connectivity index (χ0) is 23.0. The van der Waals surface area contributed by atoms with Crippen LogP contribution in [-0.2, 0) is 13.0 Å². The molecule has 7 heteroatoms. The molecule has 7 nitrogen and oxygen atoms in total. The summed E-state index contributed by atoms with van der Waals surface area (Å²) in [5.74, 6) is 2.56. The van der Waals surface area contributed by atoms with Crippen LogP contribution in [0.1, 0.15) is 58.1 Å². The predicted molar refractivity (Wildman–Crippen MR) is 121 cm³/mol. The second kappa shape index (κ2) is 8.62. The average Bonchev–Trinajstić information content (AvgIpc) is 3.08. The van der Waals surface area contributed by atoms with Gasteiger partial charge in [0.1, 0.15) is 17.3 Å². The molecule has 1 saturated heterocycles. The quantitative estimate of drug-likeness (QED) is 0.706. The van der Waals surface area contributed by atoms with Crippen molar-refractivity contribution in [3.05, 3.63) is 46.4 Å². The van der Waals surface area contributed by atoms with Crippen molar-refractivity contribution in [2.24, 2.45) is 5.41 Å². The Bertz CT molecular complexity index is 1030. The van der Waals surface area contributed by atoms with E-state index in [1.807, 2.05) is 30.0 Å². The van der Waals surface area contributed by atoms with Gasteiger partial charge in [0.2, 0.25) is 0 Å². The van der Waals surface area contributed by atoms with Gasteiger partial charge in [-0.25, -0.2) is 0 Å². The largest absolute Gasteiger partial charge is 0.497 e. The molecule has 2 aliphatic rings. The number of ketones is 1. The molecule has 1 aliphatic carbocycles. The van der Waals surface area contributed by atoms with Crippen molar-refractivity contribution >= 4 is 11.7 Å². The fourth-order valence-electron chi connectivity index (χ4n) is 4.79. The number of amides is 1. The normalized spacial score (nSPS) is 18.4. The summed E-state index contributed by atoms with van der Waals surface area (Å²) in [6, 6.07) is 5.79. The highest BCUT2D eigenvalue weighted by Gasteiger charge is 2.38.